The first kappa shape index (κ1) is 23.7. The fraction of sp³-hybridized carbons (Fsp3) is 0.667. The number of allylic oxidation sites excluding steroid dienone is 5. The minimum atomic E-state index is 0.159. The molecule has 4 nitrogen and oxygen atoms in total. The van der Waals surface area contributed by atoms with Crippen molar-refractivity contribution in [2.24, 2.45) is 23.2 Å². The molecule has 0 N–H and O–H groups in total. The van der Waals surface area contributed by atoms with Crippen LogP contribution in [0.3, 0.4) is 0 Å². The summed E-state index contributed by atoms with van der Waals surface area (Å²) in [5, 5.41) is 4.25. The number of ketones is 1. The van der Waals surface area contributed by atoms with Gasteiger partial charge in [-0.25, -0.2) is 0 Å². The van der Waals surface area contributed by atoms with Crippen molar-refractivity contribution in [3.8, 4) is 0 Å². The number of Topliss-reactive ketones (excluding diaryl/α,β-unsaturated/α-hetero) is 1. The first-order chi connectivity index (χ1) is 14.6. The minimum Gasteiger partial charge on any atom is -0.339 e. The van der Waals surface area contributed by atoms with Crippen LogP contribution in [0.15, 0.2) is 34.9 Å². The number of rotatable bonds is 10. The van der Waals surface area contributed by atoms with E-state index >= 15 is 0 Å². The van der Waals surface area contributed by atoms with Gasteiger partial charge in [0.1, 0.15) is 5.78 Å². The molecule has 1 aromatic rings. The van der Waals surface area contributed by atoms with Gasteiger partial charge in [-0.1, -0.05) is 70.2 Å². The Hall–Kier alpha value is -1.97. The van der Waals surface area contributed by atoms with Gasteiger partial charge in [0.2, 0.25) is 11.7 Å². The molecular weight excluding hydrogens is 384 g/mol. The second-order valence-corrected chi connectivity index (χ2v) is 10.8. The molecule has 4 heteroatoms. The fourth-order valence-corrected chi connectivity index (χ4v) is 4.13. The van der Waals surface area contributed by atoms with Crippen LogP contribution in [0, 0.1) is 23.2 Å². The number of hydrogen-bond acceptors (Lipinski definition) is 4. The molecule has 0 spiro atoms. The zero-order valence-corrected chi connectivity index (χ0v) is 20.1. The van der Waals surface area contributed by atoms with E-state index in [4.69, 9.17) is 4.52 Å². The van der Waals surface area contributed by atoms with Gasteiger partial charge in [0.05, 0.1) is 0 Å². The molecule has 1 aromatic heterocycles. The molecule has 170 valence electrons. The van der Waals surface area contributed by atoms with E-state index in [-0.39, 0.29) is 11.3 Å². The summed E-state index contributed by atoms with van der Waals surface area (Å²) in [5.74, 6) is 3.58. The molecule has 3 atom stereocenters. The summed E-state index contributed by atoms with van der Waals surface area (Å²) in [5.41, 5.74) is 2.59. The van der Waals surface area contributed by atoms with E-state index in [1.54, 1.807) is 0 Å². The Kier molecular flexibility index (Phi) is 7.72. The molecule has 2 unspecified atom stereocenters. The maximum absolute atomic E-state index is 12.3. The molecule has 0 amide bonds. The smallest absolute Gasteiger partial charge is 0.229 e. The van der Waals surface area contributed by atoms with Crippen LogP contribution >= 0.6 is 0 Å². The highest BCUT2D eigenvalue weighted by Crippen LogP contribution is 2.44. The first-order valence-corrected chi connectivity index (χ1v) is 12.1. The molecule has 3 rings (SSSR count). The van der Waals surface area contributed by atoms with Crippen LogP contribution in [-0.4, -0.2) is 15.9 Å². The van der Waals surface area contributed by atoms with E-state index in [0.717, 1.165) is 37.2 Å². The Labute approximate surface area is 188 Å². The SMILES string of the molecule is C=C1CC=CC(c2noc([C@H](C)CCCC(=O)CCC(C)C(C)(C)C)n2)=CC1C1CC1. The minimum absolute atomic E-state index is 0.159. The van der Waals surface area contributed by atoms with Crippen molar-refractivity contribution in [1.29, 1.82) is 0 Å². The van der Waals surface area contributed by atoms with Crippen LogP contribution in [0.1, 0.15) is 104 Å². The van der Waals surface area contributed by atoms with Gasteiger partial charge in [0.25, 0.3) is 0 Å². The van der Waals surface area contributed by atoms with Gasteiger partial charge in [0, 0.05) is 30.3 Å². The number of carbonyl (C=O) groups excluding carboxylic acids is 1. The molecule has 1 heterocycles. The van der Waals surface area contributed by atoms with Gasteiger partial charge in [-0.15, -0.1) is 0 Å². The molecule has 2 aliphatic rings. The van der Waals surface area contributed by atoms with Crippen LogP contribution in [-0.2, 0) is 4.79 Å². The molecule has 0 aliphatic heterocycles. The quantitative estimate of drug-likeness (QED) is 0.370. The number of nitrogens with zero attached hydrogens (tertiary/aromatic N) is 2. The van der Waals surface area contributed by atoms with Gasteiger partial charge in [-0.05, 0) is 55.8 Å². The van der Waals surface area contributed by atoms with Gasteiger partial charge in [-0.3, -0.25) is 4.79 Å². The second kappa shape index (κ2) is 10.1. The fourth-order valence-electron chi connectivity index (χ4n) is 4.13. The lowest BCUT2D eigenvalue weighted by Gasteiger charge is -2.26. The standard InChI is InChI=1S/C27H40N2O2/c1-18-9-7-11-22(17-24(18)21-14-15-21)25-28-26(31-29-25)19(2)10-8-12-23(30)16-13-20(3)27(4,5)6/h7,11,17,19-21,24H,1,8-10,12-16H2,2-6H3/t19-,20?,24?/m1/s1. The number of hydrogen-bond donors (Lipinski definition) is 0. The monoisotopic (exact) mass is 424 g/mol. The van der Waals surface area contributed by atoms with Gasteiger partial charge in [-0.2, -0.15) is 4.98 Å². The molecule has 2 aliphatic carbocycles. The second-order valence-electron chi connectivity index (χ2n) is 10.8. The Morgan fingerprint density at radius 1 is 1.23 bits per heavy atom. The summed E-state index contributed by atoms with van der Waals surface area (Å²) in [6, 6.07) is 0. The van der Waals surface area contributed by atoms with E-state index in [1.165, 1.54) is 18.4 Å². The Bertz CT molecular complexity index is 836. The number of aromatic nitrogens is 2. The summed E-state index contributed by atoms with van der Waals surface area (Å²) in [6.45, 7) is 15.3. The van der Waals surface area contributed by atoms with Crippen molar-refractivity contribution in [3.63, 3.8) is 0 Å². The van der Waals surface area contributed by atoms with Gasteiger partial charge < -0.3 is 4.52 Å². The van der Waals surface area contributed by atoms with Gasteiger partial charge >= 0.3 is 0 Å². The van der Waals surface area contributed by atoms with Crippen LogP contribution in [0.25, 0.3) is 5.57 Å². The van der Waals surface area contributed by atoms with Crippen molar-refractivity contribution in [2.75, 3.05) is 0 Å². The summed E-state index contributed by atoms with van der Waals surface area (Å²) in [7, 11) is 0. The Balaban J connectivity index is 1.49. The lowest BCUT2D eigenvalue weighted by molar-refractivity contribution is -0.119. The molecule has 0 bridgehead atoms. The molecule has 0 saturated heterocycles. The lowest BCUT2D eigenvalue weighted by atomic mass is 9.79. The maximum atomic E-state index is 12.3. The zero-order chi connectivity index (χ0) is 22.6. The van der Waals surface area contributed by atoms with Crippen molar-refractivity contribution in [1.82, 2.24) is 10.1 Å². The van der Waals surface area contributed by atoms with Crippen molar-refractivity contribution in [3.05, 3.63) is 42.1 Å². The first-order valence-electron chi connectivity index (χ1n) is 12.1. The zero-order valence-electron chi connectivity index (χ0n) is 20.1. The average Bonchev–Trinajstić information content (AvgIpc) is 3.45. The van der Waals surface area contributed by atoms with Crippen LogP contribution in [0.4, 0.5) is 0 Å². The molecule has 0 aromatic carbocycles. The van der Waals surface area contributed by atoms with E-state index in [1.807, 2.05) is 0 Å². The summed E-state index contributed by atoms with van der Waals surface area (Å²) < 4.78 is 5.59. The predicted octanol–water partition coefficient (Wildman–Crippen LogP) is 7.30. The topological polar surface area (TPSA) is 56.0 Å². The molecular formula is C27H40N2O2. The molecule has 31 heavy (non-hydrogen) atoms. The van der Waals surface area contributed by atoms with Crippen molar-refractivity contribution in [2.45, 2.75) is 91.9 Å². The Morgan fingerprint density at radius 3 is 2.65 bits per heavy atom. The highest BCUT2D eigenvalue weighted by atomic mass is 16.5. The summed E-state index contributed by atoms with van der Waals surface area (Å²) in [4.78, 5) is 17.0. The lowest BCUT2D eigenvalue weighted by Crippen LogP contribution is -2.18. The van der Waals surface area contributed by atoms with Crippen molar-refractivity contribution >= 4 is 11.4 Å². The molecule has 1 saturated carbocycles. The Morgan fingerprint density at radius 2 is 1.97 bits per heavy atom. The van der Waals surface area contributed by atoms with Gasteiger partial charge in [0.15, 0.2) is 0 Å². The third-order valence-electron chi connectivity index (χ3n) is 7.19. The van der Waals surface area contributed by atoms with Crippen LogP contribution < -0.4 is 0 Å². The molecule has 0 radical (unpaired) electrons. The highest BCUT2D eigenvalue weighted by molar-refractivity contribution is 5.78. The van der Waals surface area contributed by atoms with E-state index in [0.29, 0.717) is 42.2 Å². The predicted molar refractivity (Wildman–Crippen MR) is 127 cm³/mol. The summed E-state index contributed by atoms with van der Waals surface area (Å²) >= 11 is 0. The average molecular weight is 425 g/mol. The van der Waals surface area contributed by atoms with E-state index in [2.05, 4.69) is 69.6 Å². The van der Waals surface area contributed by atoms with Crippen molar-refractivity contribution < 1.29 is 9.32 Å². The number of carbonyl (C=O) groups is 1. The van der Waals surface area contributed by atoms with Crippen LogP contribution in [0.5, 0.6) is 0 Å². The largest absolute Gasteiger partial charge is 0.339 e. The maximum Gasteiger partial charge on any atom is 0.229 e. The third-order valence-corrected chi connectivity index (χ3v) is 7.19. The van der Waals surface area contributed by atoms with Crippen LogP contribution in [0.2, 0.25) is 0 Å². The normalized spacial score (nSPS) is 21.5. The van der Waals surface area contributed by atoms with E-state index in [9.17, 15) is 4.79 Å². The third kappa shape index (κ3) is 6.75. The van der Waals surface area contributed by atoms with E-state index < -0.39 is 0 Å². The summed E-state index contributed by atoms with van der Waals surface area (Å²) in [6.07, 6.45) is 14.1. The molecule has 1 fully saturated rings. The highest BCUT2D eigenvalue weighted by Gasteiger charge is 2.32.